The van der Waals surface area contributed by atoms with E-state index in [-0.39, 0.29) is 11.3 Å². The Morgan fingerprint density at radius 2 is 1.71 bits per heavy atom. The number of benzene rings is 1. The second kappa shape index (κ2) is 3.91. The molecule has 17 heavy (non-hydrogen) atoms. The number of nitrogens with zero attached hydrogens (tertiary/aromatic N) is 2. The first-order valence-corrected chi connectivity index (χ1v) is 5.76. The van der Waals surface area contributed by atoms with Crippen LogP contribution >= 0.6 is 0 Å². The molecule has 0 radical (unpaired) electrons. The lowest BCUT2D eigenvalue weighted by molar-refractivity contribution is 0.430. The van der Waals surface area contributed by atoms with Gasteiger partial charge in [-0.1, -0.05) is 39.0 Å². The zero-order chi connectivity index (χ0) is 12.6. The van der Waals surface area contributed by atoms with Crippen molar-refractivity contribution >= 4 is 0 Å². The Hall–Kier alpha value is -1.77. The third kappa shape index (κ3) is 2.05. The second-order valence-electron chi connectivity index (χ2n) is 5.29. The minimum atomic E-state index is -0.0679. The van der Waals surface area contributed by atoms with Crippen LogP contribution < -0.4 is 0 Å². The van der Waals surface area contributed by atoms with Crippen LogP contribution in [0.15, 0.2) is 30.3 Å². The Bertz CT molecular complexity index is 521. The van der Waals surface area contributed by atoms with Crippen molar-refractivity contribution in [2.75, 3.05) is 0 Å². The van der Waals surface area contributed by atoms with Crippen LogP contribution in [0, 0.1) is 6.92 Å². The van der Waals surface area contributed by atoms with Crippen molar-refractivity contribution in [1.29, 1.82) is 0 Å². The molecule has 1 N–H and O–H groups in total. The minimum Gasteiger partial charge on any atom is -0.493 e. The van der Waals surface area contributed by atoms with Gasteiger partial charge in [-0.25, -0.2) is 4.68 Å². The molecule has 0 spiro atoms. The van der Waals surface area contributed by atoms with E-state index in [1.54, 1.807) is 4.68 Å². The molecule has 3 nitrogen and oxygen atoms in total. The third-order valence-corrected chi connectivity index (χ3v) is 2.80. The van der Waals surface area contributed by atoms with E-state index < -0.39 is 0 Å². The quantitative estimate of drug-likeness (QED) is 0.817. The number of hydrogen-bond acceptors (Lipinski definition) is 2. The van der Waals surface area contributed by atoms with Crippen molar-refractivity contribution < 1.29 is 5.11 Å². The van der Waals surface area contributed by atoms with Gasteiger partial charge in [0.25, 0.3) is 0 Å². The van der Waals surface area contributed by atoms with E-state index in [1.165, 1.54) is 0 Å². The molecule has 0 saturated carbocycles. The van der Waals surface area contributed by atoms with Gasteiger partial charge in [-0.2, -0.15) is 5.10 Å². The van der Waals surface area contributed by atoms with Crippen LogP contribution in [0.25, 0.3) is 5.69 Å². The Kier molecular flexibility index (Phi) is 2.69. The van der Waals surface area contributed by atoms with Gasteiger partial charge in [0, 0.05) is 11.0 Å². The van der Waals surface area contributed by atoms with Gasteiger partial charge in [0.15, 0.2) is 0 Å². The monoisotopic (exact) mass is 230 g/mol. The molecule has 0 saturated heterocycles. The molecule has 1 heterocycles. The highest BCUT2D eigenvalue weighted by Crippen LogP contribution is 2.31. The van der Waals surface area contributed by atoms with Crippen LogP contribution in [0.2, 0.25) is 0 Å². The summed E-state index contributed by atoms with van der Waals surface area (Å²) in [5.41, 5.74) is 2.59. The molecule has 0 aliphatic rings. The highest BCUT2D eigenvalue weighted by molar-refractivity contribution is 5.41. The van der Waals surface area contributed by atoms with Crippen molar-refractivity contribution in [2.45, 2.75) is 33.1 Å². The van der Waals surface area contributed by atoms with Gasteiger partial charge in [0.2, 0.25) is 5.88 Å². The highest BCUT2D eigenvalue weighted by Gasteiger charge is 2.24. The summed E-state index contributed by atoms with van der Waals surface area (Å²) in [6, 6.07) is 9.67. The molecular weight excluding hydrogens is 212 g/mol. The lowest BCUT2D eigenvalue weighted by Crippen LogP contribution is -2.13. The summed E-state index contributed by atoms with van der Waals surface area (Å²) < 4.78 is 1.59. The molecule has 0 fully saturated rings. The summed E-state index contributed by atoms with van der Waals surface area (Å²) in [4.78, 5) is 0. The molecule has 0 aliphatic carbocycles. The van der Waals surface area contributed by atoms with Gasteiger partial charge in [-0.15, -0.1) is 0 Å². The molecule has 3 heteroatoms. The molecule has 0 atom stereocenters. The van der Waals surface area contributed by atoms with Gasteiger partial charge in [0.1, 0.15) is 0 Å². The Balaban J connectivity index is 2.59. The van der Waals surface area contributed by atoms with Gasteiger partial charge in [0.05, 0.1) is 11.4 Å². The number of hydrogen-bond donors (Lipinski definition) is 1. The fraction of sp³-hybridized carbons (Fsp3) is 0.357. The topological polar surface area (TPSA) is 38.0 Å². The molecule has 2 rings (SSSR count). The summed E-state index contributed by atoms with van der Waals surface area (Å²) in [5, 5.41) is 14.7. The lowest BCUT2D eigenvalue weighted by atomic mass is 9.90. The molecule has 2 aromatic rings. The number of aromatic nitrogens is 2. The SMILES string of the molecule is Cc1c(C(C)(C)C)nn(-c2ccccc2)c1O. The smallest absolute Gasteiger partial charge is 0.217 e. The van der Waals surface area contributed by atoms with Crippen LogP contribution in [0.3, 0.4) is 0 Å². The van der Waals surface area contributed by atoms with E-state index in [2.05, 4.69) is 25.9 Å². The molecular formula is C14H18N2O. The van der Waals surface area contributed by atoms with Crippen molar-refractivity contribution in [3.05, 3.63) is 41.6 Å². The van der Waals surface area contributed by atoms with Crippen molar-refractivity contribution in [1.82, 2.24) is 9.78 Å². The Labute approximate surface area is 102 Å². The molecule has 0 bridgehead atoms. The van der Waals surface area contributed by atoms with Gasteiger partial charge < -0.3 is 5.11 Å². The van der Waals surface area contributed by atoms with E-state index in [4.69, 9.17) is 0 Å². The largest absolute Gasteiger partial charge is 0.493 e. The molecule has 1 aromatic heterocycles. The van der Waals surface area contributed by atoms with Crippen molar-refractivity contribution in [3.8, 4) is 11.6 Å². The first-order valence-electron chi connectivity index (χ1n) is 5.76. The normalized spacial score (nSPS) is 11.8. The molecule has 1 aromatic carbocycles. The summed E-state index contributed by atoms with van der Waals surface area (Å²) in [7, 11) is 0. The van der Waals surface area contributed by atoms with Crippen molar-refractivity contribution in [3.63, 3.8) is 0 Å². The predicted molar refractivity (Wildman–Crippen MR) is 68.7 cm³/mol. The van der Waals surface area contributed by atoms with Gasteiger partial charge in [-0.3, -0.25) is 0 Å². The van der Waals surface area contributed by atoms with Crippen LogP contribution in [-0.2, 0) is 5.41 Å². The van der Waals surface area contributed by atoms with E-state index in [9.17, 15) is 5.11 Å². The first-order chi connectivity index (χ1) is 7.91. The van der Waals surface area contributed by atoms with E-state index >= 15 is 0 Å². The van der Waals surface area contributed by atoms with Crippen LogP contribution in [0.1, 0.15) is 32.0 Å². The van der Waals surface area contributed by atoms with E-state index in [0.717, 1.165) is 16.9 Å². The molecule has 0 amide bonds. The summed E-state index contributed by atoms with van der Waals surface area (Å²) in [6.45, 7) is 8.19. The summed E-state index contributed by atoms with van der Waals surface area (Å²) in [5.74, 6) is 0.223. The zero-order valence-corrected chi connectivity index (χ0v) is 10.7. The van der Waals surface area contributed by atoms with Crippen LogP contribution in [0.4, 0.5) is 0 Å². The fourth-order valence-electron chi connectivity index (χ4n) is 1.95. The maximum atomic E-state index is 10.1. The van der Waals surface area contributed by atoms with E-state index in [1.807, 2.05) is 37.3 Å². The second-order valence-corrected chi connectivity index (χ2v) is 5.29. The number of para-hydroxylation sites is 1. The van der Waals surface area contributed by atoms with Crippen LogP contribution in [0.5, 0.6) is 5.88 Å². The molecule has 0 unspecified atom stereocenters. The first kappa shape index (κ1) is 11.7. The Morgan fingerprint density at radius 1 is 1.12 bits per heavy atom. The summed E-state index contributed by atoms with van der Waals surface area (Å²) >= 11 is 0. The highest BCUT2D eigenvalue weighted by atomic mass is 16.3. The average molecular weight is 230 g/mol. The summed E-state index contributed by atoms with van der Waals surface area (Å²) in [6.07, 6.45) is 0. The zero-order valence-electron chi connectivity index (χ0n) is 10.7. The maximum Gasteiger partial charge on any atom is 0.217 e. The number of rotatable bonds is 1. The average Bonchev–Trinajstić information content (AvgIpc) is 2.57. The predicted octanol–water partition coefficient (Wildman–Crippen LogP) is 3.18. The lowest BCUT2D eigenvalue weighted by Gasteiger charge is -2.15. The third-order valence-electron chi connectivity index (χ3n) is 2.80. The minimum absolute atomic E-state index is 0.0679. The fourth-order valence-corrected chi connectivity index (χ4v) is 1.95. The van der Waals surface area contributed by atoms with Gasteiger partial charge >= 0.3 is 0 Å². The standard InChI is InChI=1S/C14H18N2O/c1-10-12(14(2,3)4)15-16(13(10)17)11-8-6-5-7-9-11/h5-9,17H,1-4H3. The molecule has 0 aliphatic heterocycles. The molecule has 90 valence electrons. The number of aromatic hydroxyl groups is 1. The van der Waals surface area contributed by atoms with E-state index in [0.29, 0.717) is 0 Å². The Morgan fingerprint density at radius 3 is 2.18 bits per heavy atom. The van der Waals surface area contributed by atoms with Crippen molar-refractivity contribution in [2.24, 2.45) is 0 Å². The maximum absolute atomic E-state index is 10.1. The van der Waals surface area contributed by atoms with Gasteiger partial charge in [-0.05, 0) is 19.1 Å². The van der Waals surface area contributed by atoms with Crippen LogP contribution in [-0.4, -0.2) is 14.9 Å².